The SMILES string of the molecule is CCCCCCC=CCCCCCCCC(=O)C(OP(=O)(O)OCCN)(C(=O)CCCCCCCC=CCCCCCC)[C@@H](O)CO. The lowest BCUT2D eigenvalue weighted by Gasteiger charge is -2.35. The molecular weight excluding hydrogens is 617 g/mol. The van der Waals surface area contributed by atoms with E-state index >= 15 is 0 Å². The Morgan fingerprint density at radius 1 is 0.681 bits per heavy atom. The summed E-state index contributed by atoms with van der Waals surface area (Å²) < 4.78 is 22.8. The van der Waals surface area contributed by atoms with E-state index < -0.39 is 37.7 Å². The predicted molar refractivity (Wildman–Crippen MR) is 192 cm³/mol. The standard InChI is InChI=1S/C37H70NO8P/c1-3-5-7-9-11-13-15-17-19-21-23-25-27-29-34(40)37(36(42)33-39,46-47(43,44)45-32-31-38)35(41)30-28-26-24-22-20-18-16-14-12-10-8-6-4-2/h13-16,36,39,42H,3-12,17-33,38H2,1-2H3,(H,43,44)/t36-,37?/m0/s1. The summed E-state index contributed by atoms with van der Waals surface area (Å²) in [5, 5.41) is 20.6. The van der Waals surface area contributed by atoms with Gasteiger partial charge in [-0.3, -0.25) is 18.6 Å². The lowest BCUT2D eigenvalue weighted by Crippen LogP contribution is -2.58. The number of phosphoric ester groups is 1. The van der Waals surface area contributed by atoms with Crippen molar-refractivity contribution in [3.63, 3.8) is 0 Å². The van der Waals surface area contributed by atoms with Crippen LogP contribution in [0.5, 0.6) is 0 Å². The minimum absolute atomic E-state index is 0.0884. The molecule has 0 aromatic heterocycles. The van der Waals surface area contributed by atoms with Crippen LogP contribution >= 0.6 is 7.82 Å². The van der Waals surface area contributed by atoms with Crippen LogP contribution < -0.4 is 5.73 Å². The van der Waals surface area contributed by atoms with Gasteiger partial charge in [-0.1, -0.05) is 115 Å². The molecular formula is C37H70NO8P. The van der Waals surface area contributed by atoms with Gasteiger partial charge in [0.2, 0.25) is 5.60 Å². The van der Waals surface area contributed by atoms with Crippen LogP contribution in [0.15, 0.2) is 24.3 Å². The molecule has 0 fully saturated rings. The summed E-state index contributed by atoms with van der Waals surface area (Å²) in [7, 11) is -4.95. The Bertz CT molecular complexity index is 830. The molecule has 0 bridgehead atoms. The second kappa shape index (κ2) is 30.8. The van der Waals surface area contributed by atoms with Crippen molar-refractivity contribution >= 4 is 19.4 Å². The zero-order valence-electron chi connectivity index (χ0n) is 29.9. The quantitative estimate of drug-likeness (QED) is 0.0221. The van der Waals surface area contributed by atoms with Gasteiger partial charge in [0.15, 0.2) is 11.6 Å². The number of carbonyl (C=O) groups excluding carboxylic acids is 2. The predicted octanol–water partition coefficient (Wildman–Crippen LogP) is 8.82. The maximum atomic E-state index is 13.5. The molecule has 0 heterocycles. The summed E-state index contributed by atoms with van der Waals surface area (Å²) in [5.41, 5.74) is 2.70. The molecule has 0 aromatic rings. The fourth-order valence-corrected chi connectivity index (χ4v) is 6.65. The first-order valence-corrected chi connectivity index (χ1v) is 20.2. The van der Waals surface area contributed by atoms with Crippen molar-refractivity contribution in [2.75, 3.05) is 19.8 Å². The van der Waals surface area contributed by atoms with Crippen LogP contribution in [0.1, 0.15) is 168 Å². The van der Waals surface area contributed by atoms with Gasteiger partial charge < -0.3 is 20.8 Å². The van der Waals surface area contributed by atoms with E-state index in [1.165, 1.54) is 51.4 Å². The van der Waals surface area contributed by atoms with E-state index in [9.17, 15) is 29.3 Å². The Morgan fingerprint density at radius 3 is 1.40 bits per heavy atom. The molecule has 5 N–H and O–H groups in total. The fraction of sp³-hybridized carbons (Fsp3) is 0.838. The van der Waals surface area contributed by atoms with Gasteiger partial charge in [-0.2, -0.15) is 0 Å². The van der Waals surface area contributed by atoms with E-state index in [4.69, 9.17) is 14.8 Å². The Balaban J connectivity index is 4.95. The van der Waals surface area contributed by atoms with Gasteiger partial charge in [-0.15, -0.1) is 0 Å². The summed E-state index contributed by atoms with van der Waals surface area (Å²) in [6.45, 7) is 2.99. The lowest BCUT2D eigenvalue weighted by atomic mass is 9.82. The summed E-state index contributed by atoms with van der Waals surface area (Å²) >= 11 is 0. The third-order valence-electron chi connectivity index (χ3n) is 8.43. The summed E-state index contributed by atoms with van der Waals surface area (Å²) in [6.07, 6.45) is 29.3. The first-order valence-electron chi connectivity index (χ1n) is 18.7. The number of hydrogen-bond acceptors (Lipinski definition) is 8. The Hall–Kier alpha value is -1.19. The zero-order chi connectivity index (χ0) is 35.1. The van der Waals surface area contributed by atoms with Crippen LogP contribution in [-0.4, -0.2) is 58.1 Å². The molecule has 0 rings (SSSR count). The summed E-state index contributed by atoms with van der Waals surface area (Å²) in [6, 6.07) is 0. The topological polar surface area (TPSA) is 156 Å². The molecule has 0 radical (unpaired) electrons. The van der Waals surface area contributed by atoms with Gasteiger partial charge in [0.25, 0.3) is 0 Å². The largest absolute Gasteiger partial charge is 0.473 e. The fourth-order valence-electron chi connectivity index (χ4n) is 5.57. The average Bonchev–Trinajstić information content (AvgIpc) is 3.06. The molecule has 1 unspecified atom stereocenters. The smallest absolute Gasteiger partial charge is 0.394 e. The number of phosphoric acid groups is 1. The number of allylic oxidation sites excluding steroid dienone is 4. The molecule has 0 aromatic carbocycles. The highest BCUT2D eigenvalue weighted by atomic mass is 31.2. The molecule has 47 heavy (non-hydrogen) atoms. The number of nitrogens with two attached hydrogens (primary N) is 1. The van der Waals surface area contributed by atoms with Crippen LogP contribution in [0.3, 0.4) is 0 Å². The molecule has 0 aliphatic carbocycles. The highest BCUT2D eigenvalue weighted by Gasteiger charge is 2.55. The summed E-state index contributed by atoms with van der Waals surface area (Å²) in [4.78, 5) is 37.4. The first-order chi connectivity index (χ1) is 22.7. The number of Topliss-reactive ketones (excluding diaryl/α,β-unsaturated/α-hetero) is 2. The molecule has 0 aliphatic rings. The molecule has 0 spiro atoms. The van der Waals surface area contributed by atoms with Crippen LogP contribution in [-0.2, 0) is 23.2 Å². The summed E-state index contributed by atoms with van der Waals surface area (Å²) in [5.74, 6) is -1.63. The molecule has 10 heteroatoms. The Kier molecular flexibility index (Phi) is 30.1. The van der Waals surface area contributed by atoms with E-state index in [1.54, 1.807) is 0 Å². The van der Waals surface area contributed by atoms with E-state index in [1.807, 2.05) is 0 Å². The van der Waals surface area contributed by atoms with Crippen molar-refractivity contribution in [1.29, 1.82) is 0 Å². The van der Waals surface area contributed by atoms with Gasteiger partial charge in [-0.25, -0.2) is 4.57 Å². The third-order valence-corrected chi connectivity index (χ3v) is 9.46. The lowest BCUT2D eigenvalue weighted by molar-refractivity contribution is -0.164. The highest BCUT2D eigenvalue weighted by molar-refractivity contribution is 7.47. The zero-order valence-corrected chi connectivity index (χ0v) is 30.8. The number of rotatable bonds is 35. The number of hydrogen-bond donors (Lipinski definition) is 4. The second-order valence-electron chi connectivity index (χ2n) is 12.7. The molecule has 2 atom stereocenters. The molecule has 0 saturated heterocycles. The monoisotopic (exact) mass is 687 g/mol. The van der Waals surface area contributed by atoms with Gasteiger partial charge in [-0.05, 0) is 64.2 Å². The normalized spacial score (nSPS) is 15.3. The number of ketones is 2. The minimum atomic E-state index is -4.95. The Morgan fingerprint density at radius 2 is 1.04 bits per heavy atom. The number of unbranched alkanes of at least 4 members (excludes halogenated alkanes) is 18. The van der Waals surface area contributed by atoms with Gasteiger partial charge in [0.1, 0.15) is 6.10 Å². The second-order valence-corrected chi connectivity index (χ2v) is 14.1. The van der Waals surface area contributed by atoms with Gasteiger partial charge in [0, 0.05) is 19.4 Å². The van der Waals surface area contributed by atoms with Crippen LogP contribution in [0.4, 0.5) is 0 Å². The van der Waals surface area contributed by atoms with Crippen LogP contribution in [0.25, 0.3) is 0 Å². The van der Waals surface area contributed by atoms with E-state index in [0.29, 0.717) is 12.8 Å². The van der Waals surface area contributed by atoms with Gasteiger partial charge in [0.05, 0.1) is 13.2 Å². The molecule has 0 saturated carbocycles. The first kappa shape index (κ1) is 45.8. The van der Waals surface area contributed by atoms with E-state index in [0.717, 1.165) is 77.0 Å². The van der Waals surface area contributed by atoms with Crippen molar-refractivity contribution in [2.24, 2.45) is 5.73 Å². The van der Waals surface area contributed by atoms with Crippen molar-refractivity contribution in [3.8, 4) is 0 Å². The maximum absolute atomic E-state index is 13.5. The average molecular weight is 688 g/mol. The number of aliphatic hydroxyl groups excluding tert-OH is 2. The van der Waals surface area contributed by atoms with Crippen molar-refractivity contribution < 1.29 is 38.3 Å². The van der Waals surface area contributed by atoms with E-state index in [-0.39, 0.29) is 26.0 Å². The van der Waals surface area contributed by atoms with Crippen LogP contribution in [0, 0.1) is 0 Å². The Labute approximate surface area is 286 Å². The number of carbonyl (C=O) groups is 2. The maximum Gasteiger partial charge on any atom is 0.473 e. The van der Waals surface area contributed by atoms with E-state index in [2.05, 4.69) is 38.2 Å². The molecule has 276 valence electrons. The van der Waals surface area contributed by atoms with Crippen molar-refractivity contribution in [2.45, 2.75) is 180 Å². The molecule has 0 aliphatic heterocycles. The highest BCUT2D eigenvalue weighted by Crippen LogP contribution is 2.49. The van der Waals surface area contributed by atoms with Crippen molar-refractivity contribution in [3.05, 3.63) is 24.3 Å². The third kappa shape index (κ3) is 23.0. The van der Waals surface area contributed by atoms with Crippen molar-refractivity contribution in [1.82, 2.24) is 0 Å². The van der Waals surface area contributed by atoms with Crippen LogP contribution in [0.2, 0.25) is 0 Å². The van der Waals surface area contributed by atoms with Gasteiger partial charge >= 0.3 is 7.82 Å². The number of aliphatic hydroxyl groups is 2. The minimum Gasteiger partial charge on any atom is -0.394 e. The molecule has 9 nitrogen and oxygen atoms in total. The molecule has 0 amide bonds.